The zero-order valence-corrected chi connectivity index (χ0v) is 11.9. The molecule has 0 aromatic carbocycles. The third-order valence-electron chi connectivity index (χ3n) is 5.92. The fourth-order valence-corrected chi connectivity index (χ4v) is 5.30. The molecule has 1 aliphatic heterocycles. The molecule has 1 saturated heterocycles. The molecule has 1 unspecified atom stereocenters. The quantitative estimate of drug-likeness (QED) is 0.845. The average Bonchev–Trinajstić information content (AvgIpc) is 2.42. The van der Waals surface area contributed by atoms with Crippen molar-refractivity contribution in [2.24, 2.45) is 23.7 Å². The van der Waals surface area contributed by atoms with Gasteiger partial charge in [0.05, 0.1) is 19.3 Å². The molecule has 0 spiro atoms. The number of ether oxygens (including phenoxy) is 2. The molecule has 108 valence electrons. The highest BCUT2D eigenvalue weighted by atomic mass is 16.5. The first-order chi connectivity index (χ1) is 9.38. The van der Waals surface area contributed by atoms with Gasteiger partial charge in [0.15, 0.2) is 0 Å². The molecule has 3 heteroatoms. The first-order valence-corrected chi connectivity index (χ1v) is 8.31. The molecule has 1 atom stereocenters. The molecule has 0 radical (unpaired) electrons. The lowest BCUT2D eigenvalue weighted by atomic mass is 9.55. The van der Waals surface area contributed by atoms with Crippen LogP contribution in [0, 0.1) is 23.7 Å². The van der Waals surface area contributed by atoms with Crippen LogP contribution < -0.4 is 5.32 Å². The first kappa shape index (κ1) is 12.6. The Kier molecular flexibility index (Phi) is 3.55. The monoisotopic (exact) mass is 265 g/mol. The third kappa shape index (κ3) is 2.57. The minimum Gasteiger partial charge on any atom is -0.379 e. The maximum Gasteiger partial charge on any atom is 0.0631 e. The molecule has 5 aliphatic rings. The summed E-state index contributed by atoms with van der Waals surface area (Å²) >= 11 is 0. The van der Waals surface area contributed by atoms with Crippen LogP contribution in [0.3, 0.4) is 0 Å². The smallest absolute Gasteiger partial charge is 0.0631 e. The topological polar surface area (TPSA) is 30.5 Å². The second kappa shape index (κ2) is 5.34. The third-order valence-corrected chi connectivity index (χ3v) is 5.92. The van der Waals surface area contributed by atoms with Crippen molar-refractivity contribution in [3.8, 4) is 0 Å². The standard InChI is InChI=1S/C16H27NO2/c1(15-10-18-4-2-17-15)3-19-16-13-6-11-5-12(8-13)9-14(16)7-11/h11-17H,1-10H2. The molecule has 0 amide bonds. The van der Waals surface area contributed by atoms with Gasteiger partial charge in [-0.05, 0) is 62.2 Å². The second-order valence-electron chi connectivity index (χ2n) is 7.28. The van der Waals surface area contributed by atoms with Crippen molar-refractivity contribution in [2.75, 3.05) is 26.4 Å². The van der Waals surface area contributed by atoms with Crippen LogP contribution in [-0.4, -0.2) is 38.5 Å². The highest BCUT2D eigenvalue weighted by Gasteiger charge is 2.48. The lowest BCUT2D eigenvalue weighted by Gasteiger charge is -2.54. The fraction of sp³-hybridized carbons (Fsp3) is 1.00. The van der Waals surface area contributed by atoms with Gasteiger partial charge >= 0.3 is 0 Å². The van der Waals surface area contributed by atoms with Crippen molar-refractivity contribution >= 4 is 0 Å². The van der Waals surface area contributed by atoms with Crippen LogP contribution in [0.5, 0.6) is 0 Å². The van der Waals surface area contributed by atoms with E-state index in [4.69, 9.17) is 9.47 Å². The van der Waals surface area contributed by atoms with Gasteiger partial charge in [0.25, 0.3) is 0 Å². The Bertz CT molecular complexity index is 286. The van der Waals surface area contributed by atoms with Crippen LogP contribution in [0.25, 0.3) is 0 Å². The van der Waals surface area contributed by atoms with E-state index in [1.54, 1.807) is 0 Å². The maximum absolute atomic E-state index is 6.33. The van der Waals surface area contributed by atoms with E-state index in [0.717, 1.165) is 56.5 Å². The van der Waals surface area contributed by atoms with Crippen LogP contribution in [-0.2, 0) is 9.47 Å². The van der Waals surface area contributed by atoms with Crippen molar-refractivity contribution in [1.29, 1.82) is 0 Å². The van der Waals surface area contributed by atoms with Crippen molar-refractivity contribution in [3.63, 3.8) is 0 Å². The molecule has 3 nitrogen and oxygen atoms in total. The summed E-state index contributed by atoms with van der Waals surface area (Å²) in [6.07, 6.45) is 9.08. The summed E-state index contributed by atoms with van der Waals surface area (Å²) in [6.45, 7) is 3.66. The van der Waals surface area contributed by atoms with E-state index in [0.29, 0.717) is 12.1 Å². The number of hydrogen-bond acceptors (Lipinski definition) is 3. The zero-order valence-electron chi connectivity index (χ0n) is 11.9. The molecule has 19 heavy (non-hydrogen) atoms. The van der Waals surface area contributed by atoms with E-state index in [1.807, 2.05) is 0 Å². The first-order valence-electron chi connectivity index (χ1n) is 8.31. The van der Waals surface area contributed by atoms with Crippen LogP contribution in [0.15, 0.2) is 0 Å². The Morgan fingerprint density at radius 3 is 2.37 bits per heavy atom. The van der Waals surface area contributed by atoms with Crippen LogP contribution in [0.1, 0.15) is 38.5 Å². The average molecular weight is 265 g/mol. The predicted octanol–water partition coefficient (Wildman–Crippen LogP) is 2.21. The molecular weight excluding hydrogens is 238 g/mol. The Hall–Kier alpha value is -0.120. The minimum absolute atomic E-state index is 0.519. The van der Waals surface area contributed by atoms with Crippen molar-refractivity contribution in [1.82, 2.24) is 5.32 Å². The molecule has 5 fully saturated rings. The molecule has 4 saturated carbocycles. The molecule has 1 N–H and O–H groups in total. The van der Waals surface area contributed by atoms with Gasteiger partial charge < -0.3 is 14.8 Å². The molecule has 0 aromatic rings. The van der Waals surface area contributed by atoms with Crippen molar-refractivity contribution < 1.29 is 9.47 Å². The lowest BCUT2D eigenvalue weighted by Crippen LogP contribution is -2.50. The zero-order chi connectivity index (χ0) is 12.7. The molecule has 1 heterocycles. The van der Waals surface area contributed by atoms with Gasteiger partial charge in [-0.15, -0.1) is 0 Å². The van der Waals surface area contributed by atoms with Gasteiger partial charge in [-0.25, -0.2) is 0 Å². The van der Waals surface area contributed by atoms with E-state index >= 15 is 0 Å². The Morgan fingerprint density at radius 2 is 1.74 bits per heavy atom. The van der Waals surface area contributed by atoms with E-state index in [9.17, 15) is 0 Å². The highest BCUT2D eigenvalue weighted by Crippen LogP contribution is 2.54. The summed E-state index contributed by atoms with van der Waals surface area (Å²) < 4.78 is 11.8. The number of nitrogens with one attached hydrogen (secondary N) is 1. The van der Waals surface area contributed by atoms with Crippen molar-refractivity contribution in [3.05, 3.63) is 0 Å². The van der Waals surface area contributed by atoms with Crippen LogP contribution >= 0.6 is 0 Å². The Labute approximate surface area is 116 Å². The largest absolute Gasteiger partial charge is 0.379 e. The summed E-state index contributed by atoms with van der Waals surface area (Å²) in [7, 11) is 0. The van der Waals surface area contributed by atoms with Crippen molar-refractivity contribution in [2.45, 2.75) is 50.7 Å². The summed E-state index contributed by atoms with van der Waals surface area (Å²) in [5.41, 5.74) is 0. The second-order valence-corrected chi connectivity index (χ2v) is 7.28. The summed E-state index contributed by atoms with van der Waals surface area (Å²) in [4.78, 5) is 0. The van der Waals surface area contributed by atoms with E-state index in [2.05, 4.69) is 5.32 Å². The Morgan fingerprint density at radius 1 is 1.00 bits per heavy atom. The van der Waals surface area contributed by atoms with E-state index < -0.39 is 0 Å². The number of rotatable bonds is 4. The van der Waals surface area contributed by atoms with Gasteiger partial charge in [0.2, 0.25) is 0 Å². The van der Waals surface area contributed by atoms with Gasteiger partial charge in [0.1, 0.15) is 0 Å². The van der Waals surface area contributed by atoms with E-state index in [1.165, 1.54) is 32.1 Å². The SMILES string of the molecule is C1COCC(CCOC2C3CC4CC(C3)CC2C4)N1. The van der Waals surface area contributed by atoms with Crippen LogP contribution in [0.4, 0.5) is 0 Å². The molecule has 0 aromatic heterocycles. The normalized spacial score (nSPS) is 48.6. The van der Waals surface area contributed by atoms with E-state index in [-0.39, 0.29) is 0 Å². The predicted molar refractivity (Wildman–Crippen MR) is 74.0 cm³/mol. The molecule has 5 rings (SSSR count). The number of morpholine rings is 1. The molecule has 4 aliphatic carbocycles. The number of hydrogen-bond donors (Lipinski definition) is 1. The van der Waals surface area contributed by atoms with Crippen LogP contribution in [0.2, 0.25) is 0 Å². The van der Waals surface area contributed by atoms with Gasteiger partial charge in [0, 0.05) is 19.2 Å². The van der Waals surface area contributed by atoms with Gasteiger partial charge in [-0.1, -0.05) is 0 Å². The van der Waals surface area contributed by atoms with Gasteiger partial charge in [-0.3, -0.25) is 0 Å². The Balaban J connectivity index is 1.26. The highest BCUT2D eigenvalue weighted by molar-refractivity contribution is 4.99. The molecular formula is C16H27NO2. The lowest BCUT2D eigenvalue weighted by molar-refractivity contribution is -0.128. The van der Waals surface area contributed by atoms with Gasteiger partial charge in [-0.2, -0.15) is 0 Å². The minimum atomic E-state index is 0.519. The maximum atomic E-state index is 6.33. The summed E-state index contributed by atoms with van der Waals surface area (Å²) in [6, 6.07) is 0.519. The summed E-state index contributed by atoms with van der Waals surface area (Å²) in [5.74, 6) is 3.89. The fourth-order valence-electron chi connectivity index (χ4n) is 5.30. The summed E-state index contributed by atoms with van der Waals surface area (Å²) in [5, 5.41) is 3.52. The molecule has 4 bridgehead atoms.